The highest BCUT2D eigenvalue weighted by Crippen LogP contribution is 1.99. The summed E-state index contributed by atoms with van der Waals surface area (Å²) in [6.07, 6.45) is -0.110. The Hall–Kier alpha value is -2.50. The molecule has 0 bridgehead atoms. The molecule has 0 rings (SSSR count). The van der Waals surface area contributed by atoms with Crippen molar-refractivity contribution in [1.82, 2.24) is 16.0 Å². The van der Waals surface area contributed by atoms with Gasteiger partial charge in [0.1, 0.15) is 12.1 Å². The smallest absolute Gasteiger partial charge is 0.326 e. The minimum Gasteiger partial charge on any atom is -0.481 e. The second-order valence-corrected chi connectivity index (χ2v) is 5.74. The number of thiol groups is 1. The van der Waals surface area contributed by atoms with Gasteiger partial charge in [0.25, 0.3) is 0 Å². The molecule has 0 saturated carbocycles. The lowest BCUT2D eigenvalue weighted by Crippen LogP contribution is -2.51. The molecule has 0 saturated heterocycles. The van der Waals surface area contributed by atoms with E-state index in [0.717, 1.165) is 0 Å². The van der Waals surface area contributed by atoms with Crippen LogP contribution in [0.4, 0.5) is 4.79 Å². The second kappa shape index (κ2) is 12.8. The first-order valence-corrected chi connectivity index (χ1v) is 8.42. The minimum absolute atomic E-state index is 0.00399. The summed E-state index contributed by atoms with van der Waals surface area (Å²) in [4.78, 5) is 55.8. The summed E-state index contributed by atoms with van der Waals surface area (Å²) in [6.45, 7) is 0.00399. The molecular formula is C14H23N3O8S. The summed E-state index contributed by atoms with van der Waals surface area (Å²) in [5.41, 5.74) is 0. The summed E-state index contributed by atoms with van der Waals surface area (Å²) < 4.78 is 0. The second-order valence-electron chi connectivity index (χ2n) is 5.30. The van der Waals surface area contributed by atoms with Crippen molar-refractivity contribution in [2.24, 2.45) is 0 Å². The van der Waals surface area contributed by atoms with Crippen molar-refractivity contribution in [1.29, 1.82) is 0 Å². The van der Waals surface area contributed by atoms with Crippen LogP contribution in [0.25, 0.3) is 0 Å². The molecular weight excluding hydrogens is 370 g/mol. The minimum atomic E-state index is -1.47. The maximum Gasteiger partial charge on any atom is 0.326 e. The Balaban J connectivity index is 4.47. The van der Waals surface area contributed by atoms with E-state index < -0.39 is 42.4 Å². The van der Waals surface area contributed by atoms with Crippen molar-refractivity contribution in [2.45, 2.75) is 44.2 Å². The molecule has 0 aliphatic carbocycles. The molecule has 148 valence electrons. The van der Waals surface area contributed by atoms with Gasteiger partial charge in [0.15, 0.2) is 0 Å². The SMILES string of the molecule is O=C(O)CC[C@H](NC(=O)N[C@@H](CCNC(=O)CCCS)C(=O)O)C(=O)O. The number of nitrogens with one attached hydrogen (secondary N) is 3. The molecule has 0 aromatic carbocycles. The van der Waals surface area contributed by atoms with Gasteiger partial charge in [-0.3, -0.25) is 9.59 Å². The van der Waals surface area contributed by atoms with Crippen molar-refractivity contribution in [2.75, 3.05) is 12.3 Å². The van der Waals surface area contributed by atoms with Gasteiger partial charge in [-0.25, -0.2) is 14.4 Å². The van der Waals surface area contributed by atoms with Crippen LogP contribution in [-0.4, -0.2) is 69.5 Å². The monoisotopic (exact) mass is 393 g/mol. The van der Waals surface area contributed by atoms with Crippen molar-refractivity contribution in [3.63, 3.8) is 0 Å². The van der Waals surface area contributed by atoms with Gasteiger partial charge >= 0.3 is 23.9 Å². The van der Waals surface area contributed by atoms with Crippen LogP contribution in [0.2, 0.25) is 0 Å². The van der Waals surface area contributed by atoms with Crippen LogP contribution in [0.15, 0.2) is 0 Å². The number of urea groups is 1. The normalized spacial score (nSPS) is 12.5. The first-order valence-electron chi connectivity index (χ1n) is 7.79. The van der Waals surface area contributed by atoms with E-state index in [4.69, 9.17) is 15.3 Å². The molecule has 0 radical (unpaired) electrons. The van der Waals surface area contributed by atoms with E-state index in [2.05, 4.69) is 23.3 Å². The maximum atomic E-state index is 11.8. The molecule has 0 aliphatic heterocycles. The van der Waals surface area contributed by atoms with E-state index in [0.29, 0.717) is 12.2 Å². The molecule has 0 aromatic heterocycles. The number of rotatable bonds is 13. The molecule has 0 unspecified atom stereocenters. The van der Waals surface area contributed by atoms with E-state index in [1.54, 1.807) is 0 Å². The predicted molar refractivity (Wildman–Crippen MR) is 92.1 cm³/mol. The number of carbonyl (C=O) groups excluding carboxylic acids is 2. The summed E-state index contributed by atoms with van der Waals surface area (Å²) in [6, 6.07) is -3.88. The highest BCUT2D eigenvalue weighted by Gasteiger charge is 2.24. The lowest BCUT2D eigenvalue weighted by atomic mass is 10.1. The largest absolute Gasteiger partial charge is 0.481 e. The number of carbonyl (C=O) groups is 5. The van der Waals surface area contributed by atoms with Gasteiger partial charge in [-0.05, 0) is 25.0 Å². The number of hydrogen-bond donors (Lipinski definition) is 7. The number of hydrogen-bond acceptors (Lipinski definition) is 6. The first-order chi connectivity index (χ1) is 12.2. The van der Waals surface area contributed by atoms with Crippen LogP contribution >= 0.6 is 12.6 Å². The summed E-state index contributed by atoms with van der Waals surface area (Å²) in [7, 11) is 0. The Morgan fingerprint density at radius 1 is 0.846 bits per heavy atom. The van der Waals surface area contributed by atoms with Crippen LogP contribution in [-0.2, 0) is 19.2 Å². The Kier molecular flexibility index (Phi) is 11.6. The molecule has 0 heterocycles. The summed E-state index contributed by atoms with van der Waals surface area (Å²) in [5, 5.41) is 33.2. The van der Waals surface area contributed by atoms with Crippen LogP contribution in [0.5, 0.6) is 0 Å². The zero-order chi connectivity index (χ0) is 20.1. The van der Waals surface area contributed by atoms with Crippen LogP contribution in [0, 0.1) is 0 Å². The van der Waals surface area contributed by atoms with Gasteiger partial charge in [0, 0.05) is 19.4 Å². The van der Waals surface area contributed by atoms with Crippen molar-refractivity contribution < 1.29 is 39.3 Å². The van der Waals surface area contributed by atoms with Crippen LogP contribution in [0.1, 0.15) is 32.1 Å². The molecule has 11 nitrogen and oxygen atoms in total. The predicted octanol–water partition coefficient (Wildman–Crippen LogP) is -0.727. The van der Waals surface area contributed by atoms with E-state index in [9.17, 15) is 24.0 Å². The van der Waals surface area contributed by atoms with Gasteiger partial charge in [-0.15, -0.1) is 0 Å². The maximum absolute atomic E-state index is 11.8. The molecule has 3 amide bonds. The van der Waals surface area contributed by atoms with E-state index in [1.165, 1.54) is 0 Å². The summed E-state index contributed by atoms with van der Waals surface area (Å²) in [5.74, 6) is -3.76. The Morgan fingerprint density at radius 3 is 1.85 bits per heavy atom. The first kappa shape index (κ1) is 23.5. The Morgan fingerprint density at radius 2 is 1.38 bits per heavy atom. The van der Waals surface area contributed by atoms with Crippen LogP contribution in [0.3, 0.4) is 0 Å². The third-order valence-corrected chi connectivity index (χ3v) is 3.49. The van der Waals surface area contributed by atoms with Gasteiger partial charge < -0.3 is 31.3 Å². The molecule has 26 heavy (non-hydrogen) atoms. The van der Waals surface area contributed by atoms with Crippen molar-refractivity contribution in [3.8, 4) is 0 Å². The lowest BCUT2D eigenvalue weighted by molar-refractivity contribution is -0.140. The number of carboxylic acid groups (broad SMARTS) is 3. The molecule has 2 atom stereocenters. The van der Waals surface area contributed by atoms with Crippen molar-refractivity contribution >= 4 is 42.5 Å². The summed E-state index contributed by atoms with van der Waals surface area (Å²) >= 11 is 3.96. The van der Waals surface area contributed by atoms with E-state index in [-0.39, 0.29) is 31.7 Å². The average Bonchev–Trinajstić information content (AvgIpc) is 2.55. The van der Waals surface area contributed by atoms with E-state index >= 15 is 0 Å². The fourth-order valence-corrected chi connectivity index (χ4v) is 1.98. The third kappa shape index (κ3) is 11.1. The molecule has 0 aromatic rings. The quantitative estimate of drug-likeness (QED) is 0.200. The van der Waals surface area contributed by atoms with Gasteiger partial charge in [0.2, 0.25) is 5.91 Å². The standard InChI is InChI=1S/C14H23N3O8S/c18-10(2-1-7-26)15-6-5-9(13(23)24)17-14(25)16-8(12(21)22)3-4-11(19)20/h8-9,26H,1-7H2,(H,15,18)(H,19,20)(H,21,22)(H,23,24)(H2,16,17,25)/t8-,9-/m0/s1. The number of amides is 3. The Bertz CT molecular complexity index is 528. The average molecular weight is 393 g/mol. The van der Waals surface area contributed by atoms with Crippen molar-refractivity contribution in [3.05, 3.63) is 0 Å². The topological polar surface area (TPSA) is 182 Å². The highest BCUT2D eigenvalue weighted by molar-refractivity contribution is 7.80. The lowest BCUT2D eigenvalue weighted by Gasteiger charge is -2.18. The van der Waals surface area contributed by atoms with Gasteiger partial charge in [-0.2, -0.15) is 12.6 Å². The number of aliphatic carboxylic acids is 3. The fraction of sp³-hybridized carbons (Fsp3) is 0.643. The number of carboxylic acids is 3. The highest BCUT2D eigenvalue weighted by atomic mass is 32.1. The van der Waals surface area contributed by atoms with Gasteiger partial charge in [-0.1, -0.05) is 0 Å². The molecule has 12 heteroatoms. The molecule has 0 aliphatic rings. The molecule has 0 spiro atoms. The zero-order valence-electron chi connectivity index (χ0n) is 13.9. The molecule has 6 N–H and O–H groups in total. The fourth-order valence-electron chi connectivity index (χ4n) is 1.82. The van der Waals surface area contributed by atoms with Crippen LogP contribution < -0.4 is 16.0 Å². The molecule has 0 fully saturated rings. The van der Waals surface area contributed by atoms with Gasteiger partial charge in [0.05, 0.1) is 0 Å². The third-order valence-electron chi connectivity index (χ3n) is 3.17. The Labute approximate surface area is 154 Å². The zero-order valence-corrected chi connectivity index (χ0v) is 14.8. The van der Waals surface area contributed by atoms with E-state index in [1.807, 2.05) is 5.32 Å².